The van der Waals surface area contributed by atoms with Gasteiger partial charge in [0.15, 0.2) is 6.61 Å². The molecule has 3 aromatic carbocycles. The van der Waals surface area contributed by atoms with Crippen molar-refractivity contribution in [2.75, 3.05) is 30.5 Å². The monoisotopic (exact) mass is 515 g/mol. The number of carbonyl (C=O) groups excluding carboxylic acids is 3. The van der Waals surface area contributed by atoms with Gasteiger partial charge >= 0.3 is 0 Å². The minimum absolute atomic E-state index is 0.112. The molecule has 0 radical (unpaired) electrons. The molecule has 8 nitrogen and oxygen atoms in total. The first-order valence-corrected chi connectivity index (χ1v) is 12.6. The molecule has 1 fully saturated rings. The Morgan fingerprint density at radius 1 is 1.00 bits per heavy atom. The molecule has 0 spiro atoms. The Labute approximate surface area is 222 Å². The first kappa shape index (κ1) is 26.7. The van der Waals surface area contributed by atoms with E-state index in [1.807, 2.05) is 57.2 Å². The Balaban J connectivity index is 1.29. The maximum absolute atomic E-state index is 12.7. The van der Waals surface area contributed by atoms with Gasteiger partial charge < -0.3 is 25.0 Å². The second kappa shape index (κ2) is 11.8. The third-order valence-electron chi connectivity index (χ3n) is 6.60. The zero-order valence-corrected chi connectivity index (χ0v) is 22.2. The smallest absolute Gasteiger partial charge is 0.262 e. The van der Waals surface area contributed by atoms with Crippen LogP contribution in [0.4, 0.5) is 11.4 Å². The van der Waals surface area contributed by atoms with E-state index in [0.29, 0.717) is 30.3 Å². The van der Waals surface area contributed by atoms with Crippen molar-refractivity contribution in [3.8, 4) is 11.5 Å². The molecule has 4 rings (SSSR count). The van der Waals surface area contributed by atoms with E-state index in [1.165, 1.54) is 0 Å². The van der Waals surface area contributed by atoms with Gasteiger partial charge in [-0.1, -0.05) is 35.9 Å². The predicted molar refractivity (Wildman–Crippen MR) is 147 cm³/mol. The third-order valence-corrected chi connectivity index (χ3v) is 6.60. The summed E-state index contributed by atoms with van der Waals surface area (Å²) in [7, 11) is 1.59. The van der Waals surface area contributed by atoms with Gasteiger partial charge in [-0.25, -0.2) is 0 Å². The fraction of sp³-hybridized carbons (Fsp3) is 0.300. The number of nitrogens with one attached hydrogen (secondary N) is 2. The first-order valence-electron chi connectivity index (χ1n) is 12.6. The molecule has 198 valence electrons. The summed E-state index contributed by atoms with van der Waals surface area (Å²) in [4.78, 5) is 39.4. The van der Waals surface area contributed by atoms with Crippen LogP contribution in [0.1, 0.15) is 28.7 Å². The van der Waals surface area contributed by atoms with Gasteiger partial charge in [0.1, 0.15) is 11.5 Å². The van der Waals surface area contributed by atoms with Crippen LogP contribution in [0.15, 0.2) is 60.7 Å². The van der Waals surface area contributed by atoms with Gasteiger partial charge in [0.05, 0.1) is 13.0 Å². The Kier molecular flexibility index (Phi) is 8.31. The number of nitrogens with zero attached hydrogens (tertiary/aromatic N) is 1. The predicted octanol–water partition coefficient (Wildman–Crippen LogP) is 4.31. The molecule has 0 unspecified atom stereocenters. The van der Waals surface area contributed by atoms with Gasteiger partial charge in [-0.3, -0.25) is 14.4 Å². The van der Waals surface area contributed by atoms with Crippen LogP contribution in [0.2, 0.25) is 0 Å². The Bertz CT molecular complexity index is 1310. The van der Waals surface area contributed by atoms with E-state index >= 15 is 0 Å². The van der Waals surface area contributed by atoms with E-state index in [2.05, 4.69) is 10.6 Å². The Morgan fingerprint density at radius 2 is 1.68 bits per heavy atom. The van der Waals surface area contributed by atoms with Gasteiger partial charge in [0, 0.05) is 36.4 Å². The lowest BCUT2D eigenvalue weighted by molar-refractivity contribution is -0.126. The number of aryl methyl sites for hydroxylation is 3. The molecule has 1 aliphatic heterocycles. The van der Waals surface area contributed by atoms with E-state index in [9.17, 15) is 14.4 Å². The zero-order valence-electron chi connectivity index (χ0n) is 22.2. The second-order valence-corrected chi connectivity index (χ2v) is 9.54. The lowest BCUT2D eigenvalue weighted by Gasteiger charge is -2.17. The maximum atomic E-state index is 12.7. The summed E-state index contributed by atoms with van der Waals surface area (Å²) in [5.41, 5.74) is 5.50. The number of hydrogen-bond acceptors (Lipinski definition) is 5. The summed E-state index contributed by atoms with van der Waals surface area (Å²) in [6.07, 6.45) is 0.147. The van der Waals surface area contributed by atoms with Crippen LogP contribution < -0.4 is 25.0 Å². The number of rotatable bonds is 9. The van der Waals surface area contributed by atoms with Crippen molar-refractivity contribution in [2.24, 2.45) is 5.92 Å². The van der Waals surface area contributed by atoms with E-state index in [-0.39, 0.29) is 30.7 Å². The molecule has 1 atom stereocenters. The highest BCUT2D eigenvalue weighted by molar-refractivity contribution is 6.00. The van der Waals surface area contributed by atoms with Gasteiger partial charge in [0.2, 0.25) is 11.8 Å². The fourth-order valence-corrected chi connectivity index (χ4v) is 4.73. The molecule has 3 amide bonds. The van der Waals surface area contributed by atoms with Gasteiger partial charge in [-0.15, -0.1) is 0 Å². The number of ether oxygens (including phenoxy) is 2. The standard InChI is InChI=1S/C30H33N3O5/c1-19-13-20(2)29(21(3)14-19)32-27(34)18-38-25-11-9-24(10-12-25)33-17-23(15-28(33)35)30(36)31-16-22-7-5-6-8-26(22)37-4/h5-14,23H,15-18H2,1-4H3,(H,31,36)(H,32,34)/t23-/m0/s1. The lowest BCUT2D eigenvalue weighted by atomic mass is 10.1. The largest absolute Gasteiger partial charge is 0.496 e. The molecule has 1 aliphatic rings. The average molecular weight is 516 g/mol. The maximum Gasteiger partial charge on any atom is 0.262 e. The minimum Gasteiger partial charge on any atom is -0.496 e. The van der Waals surface area contributed by atoms with Gasteiger partial charge in [-0.2, -0.15) is 0 Å². The Morgan fingerprint density at radius 3 is 2.37 bits per heavy atom. The van der Waals surface area contributed by atoms with Crippen LogP contribution in [0.5, 0.6) is 11.5 Å². The van der Waals surface area contributed by atoms with Gasteiger partial charge in [0.25, 0.3) is 5.91 Å². The number of carbonyl (C=O) groups is 3. The molecule has 3 aromatic rings. The average Bonchev–Trinajstić information content (AvgIpc) is 3.30. The number of hydrogen-bond donors (Lipinski definition) is 2. The van der Waals surface area contributed by atoms with Crippen LogP contribution >= 0.6 is 0 Å². The van der Waals surface area contributed by atoms with E-state index in [4.69, 9.17) is 9.47 Å². The lowest BCUT2D eigenvalue weighted by Crippen LogP contribution is -2.32. The molecule has 0 saturated carbocycles. The molecule has 1 heterocycles. The van der Waals surface area contributed by atoms with Crippen molar-refractivity contribution < 1.29 is 23.9 Å². The number of benzene rings is 3. The topological polar surface area (TPSA) is 97.0 Å². The normalized spacial score (nSPS) is 14.8. The molecule has 8 heteroatoms. The Hall–Kier alpha value is -4.33. The SMILES string of the molecule is COc1ccccc1CNC(=O)[C@H]1CC(=O)N(c2ccc(OCC(=O)Nc3c(C)cc(C)cc3C)cc2)C1. The van der Waals surface area contributed by atoms with Crippen molar-refractivity contribution in [1.29, 1.82) is 0 Å². The van der Waals surface area contributed by atoms with Crippen molar-refractivity contribution in [2.45, 2.75) is 33.7 Å². The number of anilines is 2. The molecule has 0 bridgehead atoms. The molecular formula is C30H33N3O5. The van der Waals surface area contributed by atoms with Crippen molar-refractivity contribution in [3.05, 3.63) is 82.9 Å². The van der Waals surface area contributed by atoms with E-state index in [0.717, 1.165) is 27.9 Å². The molecule has 0 aromatic heterocycles. The van der Waals surface area contributed by atoms with Crippen molar-refractivity contribution in [1.82, 2.24) is 5.32 Å². The molecule has 0 aliphatic carbocycles. The highest BCUT2D eigenvalue weighted by atomic mass is 16.5. The summed E-state index contributed by atoms with van der Waals surface area (Å²) >= 11 is 0. The van der Waals surface area contributed by atoms with E-state index in [1.54, 1.807) is 36.3 Å². The van der Waals surface area contributed by atoms with Crippen LogP contribution in [0, 0.1) is 26.7 Å². The van der Waals surface area contributed by atoms with Gasteiger partial charge in [-0.05, 0) is 62.2 Å². The zero-order chi connectivity index (χ0) is 27.2. The van der Waals surface area contributed by atoms with Crippen LogP contribution in [-0.4, -0.2) is 38.0 Å². The molecular weight excluding hydrogens is 482 g/mol. The van der Waals surface area contributed by atoms with E-state index < -0.39 is 5.92 Å². The van der Waals surface area contributed by atoms with Crippen molar-refractivity contribution >= 4 is 29.1 Å². The number of para-hydroxylation sites is 1. The second-order valence-electron chi connectivity index (χ2n) is 9.54. The molecule has 1 saturated heterocycles. The molecule has 38 heavy (non-hydrogen) atoms. The third kappa shape index (κ3) is 6.32. The first-order chi connectivity index (χ1) is 18.2. The van der Waals surface area contributed by atoms with Crippen LogP contribution in [0.3, 0.4) is 0 Å². The summed E-state index contributed by atoms with van der Waals surface area (Å²) in [5, 5.41) is 5.83. The summed E-state index contributed by atoms with van der Waals surface area (Å²) < 4.78 is 11.0. The summed E-state index contributed by atoms with van der Waals surface area (Å²) in [5.74, 6) is 0.249. The fourth-order valence-electron chi connectivity index (χ4n) is 4.73. The highest BCUT2D eigenvalue weighted by Gasteiger charge is 2.35. The quantitative estimate of drug-likeness (QED) is 0.443. The summed E-state index contributed by atoms with van der Waals surface area (Å²) in [6, 6.07) is 18.5. The number of methoxy groups -OCH3 is 1. The number of amides is 3. The highest BCUT2D eigenvalue weighted by Crippen LogP contribution is 2.28. The van der Waals surface area contributed by atoms with Crippen LogP contribution in [-0.2, 0) is 20.9 Å². The molecule has 2 N–H and O–H groups in total. The minimum atomic E-state index is -0.439. The summed E-state index contributed by atoms with van der Waals surface area (Å²) in [6.45, 7) is 6.44. The van der Waals surface area contributed by atoms with Crippen molar-refractivity contribution in [3.63, 3.8) is 0 Å². The van der Waals surface area contributed by atoms with Crippen LogP contribution in [0.25, 0.3) is 0 Å².